The molecule has 1 atom stereocenters. The molecule has 4 rings (SSSR count). The molecule has 0 radical (unpaired) electrons. The Labute approximate surface area is 179 Å². The molecule has 1 N–H and O–H groups in total. The van der Waals surface area contributed by atoms with Gasteiger partial charge in [0, 0.05) is 36.8 Å². The van der Waals surface area contributed by atoms with Crippen molar-refractivity contribution in [2.45, 2.75) is 24.1 Å². The fraction of sp³-hybridized carbons (Fsp3) is 0.333. The Morgan fingerprint density at radius 1 is 1.23 bits per heavy atom. The summed E-state index contributed by atoms with van der Waals surface area (Å²) < 4.78 is 12.8. The Morgan fingerprint density at radius 2 is 2.03 bits per heavy atom. The second kappa shape index (κ2) is 9.73. The monoisotopic (exact) mass is 425 g/mol. The Balaban J connectivity index is 1.53. The summed E-state index contributed by atoms with van der Waals surface area (Å²) in [6.45, 7) is 1.32. The molecule has 3 aromatic rings. The van der Waals surface area contributed by atoms with Gasteiger partial charge in [-0.25, -0.2) is 0 Å². The van der Waals surface area contributed by atoms with Gasteiger partial charge in [0.25, 0.3) is 0 Å². The van der Waals surface area contributed by atoms with Gasteiger partial charge >= 0.3 is 0 Å². The highest BCUT2D eigenvalue weighted by molar-refractivity contribution is 7.99. The van der Waals surface area contributed by atoms with Crippen LogP contribution in [0.5, 0.6) is 5.75 Å². The van der Waals surface area contributed by atoms with E-state index in [9.17, 15) is 4.79 Å². The second-order valence-corrected chi connectivity index (χ2v) is 7.75. The molecule has 0 bridgehead atoms. The summed E-state index contributed by atoms with van der Waals surface area (Å²) in [4.78, 5) is 16.4. The number of hydrogen-bond donors (Lipinski definition) is 1. The lowest BCUT2D eigenvalue weighted by molar-refractivity contribution is -0.119. The van der Waals surface area contributed by atoms with Gasteiger partial charge in [0.05, 0.1) is 19.0 Å². The summed E-state index contributed by atoms with van der Waals surface area (Å²) >= 11 is 1.35. The van der Waals surface area contributed by atoms with Gasteiger partial charge in [-0.2, -0.15) is 0 Å². The molecule has 1 saturated heterocycles. The minimum Gasteiger partial charge on any atom is -0.497 e. The lowest BCUT2D eigenvalue weighted by atomic mass is 10.2. The van der Waals surface area contributed by atoms with E-state index in [4.69, 9.17) is 9.47 Å². The van der Waals surface area contributed by atoms with Crippen LogP contribution >= 0.6 is 11.8 Å². The van der Waals surface area contributed by atoms with Crippen molar-refractivity contribution < 1.29 is 14.3 Å². The highest BCUT2D eigenvalue weighted by Crippen LogP contribution is 2.28. The number of aromatic nitrogens is 4. The predicted octanol–water partition coefficient (Wildman–Crippen LogP) is 2.73. The smallest absolute Gasteiger partial charge is 0.230 e. The van der Waals surface area contributed by atoms with Crippen LogP contribution < -0.4 is 10.1 Å². The van der Waals surface area contributed by atoms with Gasteiger partial charge in [0.15, 0.2) is 11.0 Å². The van der Waals surface area contributed by atoms with Crippen molar-refractivity contribution in [1.29, 1.82) is 0 Å². The summed E-state index contributed by atoms with van der Waals surface area (Å²) in [5.74, 6) is 1.65. The van der Waals surface area contributed by atoms with E-state index < -0.39 is 0 Å². The maximum atomic E-state index is 12.3. The Morgan fingerprint density at radius 3 is 2.73 bits per heavy atom. The number of benzene rings is 1. The molecule has 1 aromatic carbocycles. The van der Waals surface area contributed by atoms with Crippen molar-refractivity contribution in [2.24, 2.45) is 0 Å². The zero-order valence-corrected chi connectivity index (χ0v) is 17.5. The van der Waals surface area contributed by atoms with E-state index in [1.165, 1.54) is 11.8 Å². The molecular weight excluding hydrogens is 402 g/mol. The van der Waals surface area contributed by atoms with Crippen LogP contribution in [-0.2, 0) is 9.53 Å². The van der Waals surface area contributed by atoms with Gasteiger partial charge in [0.2, 0.25) is 5.91 Å². The number of nitrogens with zero attached hydrogens (tertiary/aromatic N) is 4. The van der Waals surface area contributed by atoms with E-state index in [2.05, 4.69) is 20.5 Å². The van der Waals surface area contributed by atoms with Gasteiger partial charge in [-0.15, -0.1) is 10.2 Å². The molecule has 2 aromatic heterocycles. The first-order valence-electron chi connectivity index (χ1n) is 9.76. The van der Waals surface area contributed by atoms with Crippen molar-refractivity contribution in [3.63, 3.8) is 0 Å². The summed E-state index contributed by atoms with van der Waals surface area (Å²) in [6, 6.07) is 11.4. The quantitative estimate of drug-likeness (QED) is 0.555. The first kappa shape index (κ1) is 20.4. The van der Waals surface area contributed by atoms with E-state index in [1.54, 1.807) is 19.5 Å². The largest absolute Gasteiger partial charge is 0.497 e. The highest BCUT2D eigenvalue weighted by Gasteiger charge is 2.19. The maximum Gasteiger partial charge on any atom is 0.230 e. The van der Waals surface area contributed by atoms with Crippen LogP contribution in [0.3, 0.4) is 0 Å². The Bertz CT molecular complexity index is 972. The van der Waals surface area contributed by atoms with E-state index in [0.29, 0.717) is 17.5 Å². The fourth-order valence-corrected chi connectivity index (χ4v) is 4.01. The number of rotatable bonds is 8. The molecule has 1 aliphatic heterocycles. The van der Waals surface area contributed by atoms with E-state index in [0.717, 1.165) is 36.4 Å². The molecule has 1 fully saturated rings. The summed E-state index contributed by atoms with van der Waals surface area (Å²) in [6.07, 6.45) is 5.61. The lowest BCUT2D eigenvalue weighted by Gasteiger charge is -2.12. The van der Waals surface area contributed by atoms with E-state index in [1.807, 2.05) is 41.0 Å². The van der Waals surface area contributed by atoms with Gasteiger partial charge in [-0.1, -0.05) is 11.8 Å². The zero-order chi connectivity index (χ0) is 20.8. The van der Waals surface area contributed by atoms with Crippen molar-refractivity contribution in [1.82, 2.24) is 25.1 Å². The lowest BCUT2D eigenvalue weighted by Crippen LogP contribution is -2.32. The molecule has 8 nitrogen and oxygen atoms in total. The van der Waals surface area contributed by atoms with Crippen molar-refractivity contribution in [2.75, 3.05) is 26.0 Å². The zero-order valence-electron chi connectivity index (χ0n) is 16.7. The summed E-state index contributed by atoms with van der Waals surface area (Å²) in [7, 11) is 1.63. The fourth-order valence-electron chi connectivity index (χ4n) is 3.23. The molecule has 0 spiro atoms. The number of amides is 1. The Hall–Kier alpha value is -2.91. The number of methoxy groups -OCH3 is 1. The molecule has 1 aliphatic rings. The van der Waals surface area contributed by atoms with Crippen LogP contribution in [0.4, 0.5) is 0 Å². The average Bonchev–Trinajstić information content (AvgIpc) is 3.47. The van der Waals surface area contributed by atoms with Crippen LogP contribution in [0.15, 0.2) is 53.9 Å². The molecule has 3 heterocycles. The number of carbonyl (C=O) groups excluding carboxylic acids is 1. The van der Waals surface area contributed by atoms with Crippen molar-refractivity contribution in [3.8, 4) is 22.8 Å². The highest BCUT2D eigenvalue weighted by atomic mass is 32.2. The van der Waals surface area contributed by atoms with Crippen LogP contribution in [-0.4, -0.2) is 57.8 Å². The molecule has 30 heavy (non-hydrogen) atoms. The third-order valence-electron chi connectivity index (χ3n) is 4.79. The second-order valence-electron chi connectivity index (χ2n) is 6.80. The minimum absolute atomic E-state index is 0.0507. The van der Waals surface area contributed by atoms with Gasteiger partial charge in [0.1, 0.15) is 5.75 Å². The molecule has 0 saturated carbocycles. The van der Waals surface area contributed by atoms with Crippen LogP contribution in [0, 0.1) is 0 Å². The molecule has 0 unspecified atom stereocenters. The number of nitrogens with one attached hydrogen (secondary N) is 1. The first-order valence-corrected chi connectivity index (χ1v) is 10.7. The standard InChI is InChI=1S/C21H23N5O3S/c1-28-17-6-4-16(5-7-17)26-20(15-8-10-22-11-9-15)24-25-21(26)30-14-19(27)23-13-18-3-2-12-29-18/h4-11,18H,2-3,12-14H2,1H3,(H,23,27)/t18-/m1/s1. The van der Waals surface area contributed by atoms with Crippen molar-refractivity contribution >= 4 is 17.7 Å². The molecular formula is C21H23N5O3S. The van der Waals surface area contributed by atoms with Gasteiger partial charge in [-0.3, -0.25) is 14.3 Å². The topological polar surface area (TPSA) is 91.2 Å². The SMILES string of the molecule is COc1ccc(-n2c(SCC(=O)NC[C@H]3CCCO3)nnc2-c2ccncc2)cc1. The van der Waals surface area contributed by atoms with Gasteiger partial charge in [-0.05, 0) is 49.2 Å². The third kappa shape index (κ3) is 4.80. The number of pyridine rings is 1. The normalized spacial score (nSPS) is 15.8. The van der Waals surface area contributed by atoms with Crippen LogP contribution in [0.1, 0.15) is 12.8 Å². The molecule has 156 valence electrons. The van der Waals surface area contributed by atoms with E-state index >= 15 is 0 Å². The average molecular weight is 426 g/mol. The molecule has 9 heteroatoms. The molecule has 0 aliphatic carbocycles. The first-order chi connectivity index (χ1) is 14.7. The summed E-state index contributed by atoms with van der Waals surface area (Å²) in [5.41, 5.74) is 1.78. The number of hydrogen-bond acceptors (Lipinski definition) is 7. The molecule has 1 amide bonds. The van der Waals surface area contributed by atoms with Gasteiger partial charge < -0.3 is 14.8 Å². The Kier molecular flexibility index (Phi) is 6.60. The summed E-state index contributed by atoms with van der Waals surface area (Å²) in [5, 5.41) is 12.3. The number of ether oxygens (including phenoxy) is 2. The predicted molar refractivity (Wildman–Crippen MR) is 114 cm³/mol. The van der Waals surface area contributed by atoms with Crippen LogP contribution in [0.2, 0.25) is 0 Å². The van der Waals surface area contributed by atoms with E-state index in [-0.39, 0.29) is 17.8 Å². The number of carbonyl (C=O) groups is 1. The van der Waals surface area contributed by atoms with Crippen molar-refractivity contribution in [3.05, 3.63) is 48.8 Å². The minimum atomic E-state index is -0.0507. The maximum absolute atomic E-state index is 12.3. The third-order valence-corrected chi connectivity index (χ3v) is 5.71. The number of thioether (sulfide) groups is 1. The van der Waals surface area contributed by atoms with Crippen LogP contribution in [0.25, 0.3) is 17.1 Å².